The van der Waals surface area contributed by atoms with Crippen molar-refractivity contribution in [1.82, 2.24) is 14.9 Å². The molecule has 2 rings (SSSR count). The highest BCUT2D eigenvalue weighted by Crippen LogP contribution is 2.14. The molecule has 0 saturated heterocycles. The molecule has 0 radical (unpaired) electrons. The predicted molar refractivity (Wildman–Crippen MR) is 69.7 cm³/mol. The first-order valence-corrected chi connectivity index (χ1v) is 5.83. The van der Waals surface area contributed by atoms with Crippen LogP contribution in [0.4, 0.5) is 0 Å². The first-order valence-electron chi connectivity index (χ1n) is 5.45. The summed E-state index contributed by atoms with van der Waals surface area (Å²) >= 11 is 6.02. The van der Waals surface area contributed by atoms with Crippen LogP contribution in [-0.4, -0.2) is 23.1 Å². The van der Waals surface area contributed by atoms with Crippen LogP contribution in [0.3, 0.4) is 0 Å². The molecule has 0 fully saturated rings. The van der Waals surface area contributed by atoms with E-state index >= 15 is 0 Å². The number of hydrogen-bond donors (Lipinski definition) is 1. The fraction of sp³-hybridized carbons (Fsp3) is 0.333. The Balaban J connectivity index is 2.70. The minimum atomic E-state index is -0.0756. The molecule has 0 atom stereocenters. The van der Waals surface area contributed by atoms with Gasteiger partial charge in [0.1, 0.15) is 0 Å². The SMILES string of the molecule is CNCCn1c(Cl)nc2cccc(C)c2c1=O. The highest BCUT2D eigenvalue weighted by molar-refractivity contribution is 6.28. The third-order valence-corrected chi connectivity index (χ3v) is 3.02. The van der Waals surface area contributed by atoms with Crippen molar-refractivity contribution in [2.75, 3.05) is 13.6 Å². The second kappa shape index (κ2) is 4.85. The van der Waals surface area contributed by atoms with Crippen LogP contribution in [0.2, 0.25) is 5.28 Å². The Labute approximate surface area is 104 Å². The van der Waals surface area contributed by atoms with Gasteiger partial charge in [-0.05, 0) is 37.2 Å². The van der Waals surface area contributed by atoms with Gasteiger partial charge in [-0.3, -0.25) is 9.36 Å². The Morgan fingerprint density at radius 3 is 2.94 bits per heavy atom. The molecule has 1 N–H and O–H groups in total. The smallest absolute Gasteiger partial charge is 0.262 e. The second-order valence-electron chi connectivity index (χ2n) is 3.91. The van der Waals surface area contributed by atoms with Gasteiger partial charge in [-0.15, -0.1) is 0 Å². The van der Waals surface area contributed by atoms with Crippen molar-refractivity contribution in [2.45, 2.75) is 13.5 Å². The van der Waals surface area contributed by atoms with Gasteiger partial charge in [0.05, 0.1) is 10.9 Å². The van der Waals surface area contributed by atoms with Crippen LogP contribution in [0.1, 0.15) is 5.56 Å². The molecule has 17 heavy (non-hydrogen) atoms. The van der Waals surface area contributed by atoms with E-state index in [9.17, 15) is 4.79 Å². The summed E-state index contributed by atoms with van der Waals surface area (Å²) in [6, 6.07) is 5.58. The molecular weight excluding hydrogens is 238 g/mol. The maximum Gasteiger partial charge on any atom is 0.262 e. The molecule has 4 nitrogen and oxygen atoms in total. The number of halogens is 1. The second-order valence-corrected chi connectivity index (χ2v) is 4.25. The Kier molecular flexibility index (Phi) is 3.45. The lowest BCUT2D eigenvalue weighted by atomic mass is 10.1. The van der Waals surface area contributed by atoms with Gasteiger partial charge >= 0.3 is 0 Å². The number of rotatable bonds is 3. The molecular formula is C12H14ClN3O. The Hall–Kier alpha value is -1.39. The van der Waals surface area contributed by atoms with Crippen LogP contribution < -0.4 is 10.9 Å². The Morgan fingerprint density at radius 1 is 1.47 bits per heavy atom. The van der Waals surface area contributed by atoms with E-state index in [1.807, 2.05) is 26.1 Å². The van der Waals surface area contributed by atoms with Gasteiger partial charge in [0.25, 0.3) is 5.56 Å². The summed E-state index contributed by atoms with van der Waals surface area (Å²) in [6.45, 7) is 3.10. The number of aryl methyl sites for hydroxylation is 1. The molecule has 0 bridgehead atoms. The van der Waals surface area contributed by atoms with Crippen LogP contribution >= 0.6 is 11.6 Å². The quantitative estimate of drug-likeness (QED) is 0.843. The van der Waals surface area contributed by atoms with Gasteiger partial charge in [0.15, 0.2) is 0 Å². The van der Waals surface area contributed by atoms with E-state index < -0.39 is 0 Å². The monoisotopic (exact) mass is 251 g/mol. The number of benzene rings is 1. The maximum atomic E-state index is 12.3. The fourth-order valence-corrected chi connectivity index (χ4v) is 2.07. The molecule has 0 aliphatic carbocycles. The minimum Gasteiger partial charge on any atom is -0.318 e. The van der Waals surface area contributed by atoms with E-state index in [-0.39, 0.29) is 10.8 Å². The van der Waals surface area contributed by atoms with Crippen molar-refractivity contribution in [1.29, 1.82) is 0 Å². The van der Waals surface area contributed by atoms with E-state index in [2.05, 4.69) is 10.3 Å². The van der Waals surface area contributed by atoms with Gasteiger partial charge in [-0.25, -0.2) is 4.98 Å². The number of nitrogens with zero attached hydrogens (tertiary/aromatic N) is 2. The lowest BCUT2D eigenvalue weighted by molar-refractivity contribution is 0.622. The number of likely N-dealkylation sites (N-methyl/N-ethyl adjacent to an activating group) is 1. The molecule has 2 aromatic rings. The fourth-order valence-electron chi connectivity index (χ4n) is 1.82. The molecule has 0 saturated carbocycles. The van der Waals surface area contributed by atoms with Gasteiger partial charge in [0.2, 0.25) is 5.28 Å². The molecule has 5 heteroatoms. The first-order chi connectivity index (χ1) is 8.15. The van der Waals surface area contributed by atoms with Crippen LogP contribution in [-0.2, 0) is 6.54 Å². The molecule has 0 amide bonds. The van der Waals surface area contributed by atoms with Gasteiger partial charge < -0.3 is 5.32 Å². The van der Waals surface area contributed by atoms with E-state index in [4.69, 9.17) is 11.6 Å². The summed E-state index contributed by atoms with van der Waals surface area (Å²) in [5, 5.41) is 3.87. The van der Waals surface area contributed by atoms with E-state index in [1.54, 1.807) is 6.07 Å². The molecule has 0 spiro atoms. The summed E-state index contributed by atoms with van der Waals surface area (Å²) in [4.78, 5) is 16.5. The lowest BCUT2D eigenvalue weighted by Gasteiger charge is -2.09. The number of fused-ring (bicyclic) bond motifs is 1. The molecule has 0 unspecified atom stereocenters. The number of nitrogens with one attached hydrogen (secondary N) is 1. The lowest BCUT2D eigenvalue weighted by Crippen LogP contribution is -2.27. The highest BCUT2D eigenvalue weighted by Gasteiger charge is 2.10. The van der Waals surface area contributed by atoms with Gasteiger partial charge in [-0.2, -0.15) is 0 Å². The summed E-state index contributed by atoms with van der Waals surface area (Å²) in [6.07, 6.45) is 0. The van der Waals surface area contributed by atoms with Crippen molar-refractivity contribution in [3.63, 3.8) is 0 Å². The van der Waals surface area contributed by atoms with E-state index in [0.717, 1.165) is 5.56 Å². The number of hydrogen-bond acceptors (Lipinski definition) is 3. The topological polar surface area (TPSA) is 46.9 Å². The third-order valence-electron chi connectivity index (χ3n) is 2.73. The molecule has 90 valence electrons. The zero-order chi connectivity index (χ0) is 12.4. The van der Waals surface area contributed by atoms with Crippen molar-refractivity contribution in [2.24, 2.45) is 0 Å². The summed E-state index contributed by atoms with van der Waals surface area (Å²) < 4.78 is 1.49. The number of aromatic nitrogens is 2. The van der Waals surface area contributed by atoms with Gasteiger partial charge in [0, 0.05) is 13.1 Å². The maximum absolute atomic E-state index is 12.3. The van der Waals surface area contributed by atoms with Crippen molar-refractivity contribution < 1.29 is 0 Å². The third kappa shape index (κ3) is 2.18. The summed E-state index contributed by atoms with van der Waals surface area (Å²) in [5.74, 6) is 0. The molecule has 0 aliphatic heterocycles. The molecule has 0 aliphatic rings. The Morgan fingerprint density at radius 2 is 2.24 bits per heavy atom. The molecule has 1 aromatic carbocycles. The minimum absolute atomic E-state index is 0.0756. The predicted octanol–water partition coefficient (Wildman–Crippen LogP) is 1.58. The van der Waals surface area contributed by atoms with Crippen molar-refractivity contribution in [3.8, 4) is 0 Å². The standard InChI is InChI=1S/C12H14ClN3O/c1-8-4-3-5-9-10(8)11(17)16(7-6-14-2)12(13)15-9/h3-5,14H,6-7H2,1-2H3. The molecule has 1 heterocycles. The van der Waals surface area contributed by atoms with E-state index in [1.165, 1.54) is 4.57 Å². The normalized spacial score (nSPS) is 11.0. The summed E-state index contributed by atoms with van der Waals surface area (Å²) in [7, 11) is 1.83. The first kappa shape index (κ1) is 12.1. The average molecular weight is 252 g/mol. The van der Waals surface area contributed by atoms with Crippen LogP contribution in [0.25, 0.3) is 10.9 Å². The van der Waals surface area contributed by atoms with Gasteiger partial charge in [-0.1, -0.05) is 12.1 Å². The van der Waals surface area contributed by atoms with Crippen LogP contribution in [0, 0.1) is 6.92 Å². The highest BCUT2D eigenvalue weighted by atomic mass is 35.5. The Bertz CT molecular complexity index is 606. The van der Waals surface area contributed by atoms with Crippen molar-refractivity contribution in [3.05, 3.63) is 39.4 Å². The van der Waals surface area contributed by atoms with E-state index in [0.29, 0.717) is 24.0 Å². The average Bonchev–Trinajstić information content (AvgIpc) is 2.28. The largest absolute Gasteiger partial charge is 0.318 e. The molecule has 1 aromatic heterocycles. The van der Waals surface area contributed by atoms with Crippen LogP contribution in [0.5, 0.6) is 0 Å². The zero-order valence-corrected chi connectivity index (χ0v) is 10.6. The summed E-state index contributed by atoms with van der Waals surface area (Å²) in [5.41, 5.74) is 1.50. The zero-order valence-electron chi connectivity index (χ0n) is 9.83. The van der Waals surface area contributed by atoms with Crippen molar-refractivity contribution >= 4 is 22.5 Å². The van der Waals surface area contributed by atoms with Crippen LogP contribution in [0.15, 0.2) is 23.0 Å².